The topological polar surface area (TPSA) is 35.5 Å². The molecule has 0 aromatic carbocycles. The Kier molecular flexibility index (Phi) is 3.34. The molecule has 0 N–H and O–H groups in total. The van der Waals surface area contributed by atoms with Crippen molar-refractivity contribution in [1.82, 2.24) is 0 Å². The Bertz CT molecular complexity index is 551. The highest BCUT2D eigenvalue weighted by molar-refractivity contribution is 5.87. The largest absolute Gasteiger partial charge is 0.348 e. The molecule has 1 saturated heterocycles. The number of ether oxygens (including phenoxy) is 2. The Morgan fingerprint density at radius 3 is 2.50 bits per heavy atom. The summed E-state index contributed by atoms with van der Waals surface area (Å²) < 4.78 is 12.1. The molecule has 4 saturated carbocycles. The molecule has 1 heterocycles. The molecule has 1 spiro atoms. The second-order valence-electron chi connectivity index (χ2n) is 9.89. The number of hydrogen-bond donors (Lipinski definition) is 0. The Hall–Kier alpha value is -0.410. The predicted molar refractivity (Wildman–Crippen MR) is 91.4 cm³/mol. The molecule has 4 aliphatic carbocycles. The Balaban J connectivity index is 1.42. The molecule has 6 atom stereocenters. The van der Waals surface area contributed by atoms with Crippen molar-refractivity contribution in [3.8, 4) is 0 Å². The summed E-state index contributed by atoms with van der Waals surface area (Å²) in [6.07, 6.45) is 10.5. The molecule has 0 radical (unpaired) electrons. The fraction of sp³-hybridized carbons (Fsp3) is 0.952. The van der Waals surface area contributed by atoms with E-state index in [2.05, 4.69) is 13.8 Å². The van der Waals surface area contributed by atoms with Crippen LogP contribution in [0.1, 0.15) is 71.6 Å². The standard InChI is InChI=1S/C21H32O3/c1-19-9-10-21(23-11-12-24-21)13-14(19)3-4-15-16-5-6-18(22)20(16,2)8-7-17(15)19/h14-17H,3-13H2,1-2H3/t14-,15-,16-,17-,19+,20-/m1/s1. The van der Waals surface area contributed by atoms with Crippen molar-refractivity contribution in [2.24, 2.45) is 34.5 Å². The maximum atomic E-state index is 12.5. The molecule has 5 aliphatic rings. The number of ketones is 1. The first-order valence-electron chi connectivity index (χ1n) is 10.3. The third-order valence-corrected chi connectivity index (χ3v) is 9.19. The van der Waals surface area contributed by atoms with Crippen molar-refractivity contribution in [2.75, 3.05) is 13.2 Å². The Labute approximate surface area is 145 Å². The molecule has 0 amide bonds. The molecule has 134 valence electrons. The fourth-order valence-electron chi connectivity index (χ4n) is 7.73. The first kappa shape index (κ1) is 15.8. The maximum Gasteiger partial charge on any atom is 0.168 e. The predicted octanol–water partition coefficient (Wildman–Crippen LogP) is 4.34. The van der Waals surface area contributed by atoms with Crippen molar-refractivity contribution in [1.29, 1.82) is 0 Å². The van der Waals surface area contributed by atoms with E-state index in [-0.39, 0.29) is 11.2 Å². The van der Waals surface area contributed by atoms with Gasteiger partial charge >= 0.3 is 0 Å². The molecule has 1 aliphatic heterocycles. The van der Waals surface area contributed by atoms with Gasteiger partial charge in [-0.1, -0.05) is 13.8 Å². The molecule has 0 aromatic heterocycles. The van der Waals surface area contributed by atoms with Crippen LogP contribution in [0, 0.1) is 34.5 Å². The zero-order valence-corrected chi connectivity index (χ0v) is 15.3. The highest BCUT2D eigenvalue weighted by Crippen LogP contribution is 2.66. The van der Waals surface area contributed by atoms with E-state index in [9.17, 15) is 4.79 Å². The Morgan fingerprint density at radius 2 is 1.71 bits per heavy atom. The molecule has 3 nitrogen and oxygen atoms in total. The van der Waals surface area contributed by atoms with Gasteiger partial charge in [0.1, 0.15) is 5.78 Å². The summed E-state index contributed by atoms with van der Waals surface area (Å²) in [6.45, 7) is 6.40. The molecule has 5 fully saturated rings. The van der Waals surface area contributed by atoms with E-state index >= 15 is 0 Å². The minimum atomic E-state index is -0.247. The van der Waals surface area contributed by atoms with Crippen molar-refractivity contribution in [2.45, 2.75) is 77.4 Å². The van der Waals surface area contributed by atoms with Crippen LogP contribution in [0.15, 0.2) is 0 Å². The number of fused-ring (bicyclic) bond motifs is 5. The van der Waals surface area contributed by atoms with Gasteiger partial charge in [-0.05, 0) is 67.6 Å². The van der Waals surface area contributed by atoms with Gasteiger partial charge in [-0.2, -0.15) is 0 Å². The van der Waals surface area contributed by atoms with E-state index < -0.39 is 0 Å². The fourth-order valence-corrected chi connectivity index (χ4v) is 7.73. The summed E-state index contributed by atoms with van der Waals surface area (Å²) in [7, 11) is 0. The van der Waals surface area contributed by atoms with Gasteiger partial charge in [0, 0.05) is 24.7 Å². The van der Waals surface area contributed by atoms with Crippen LogP contribution in [-0.4, -0.2) is 24.8 Å². The summed E-state index contributed by atoms with van der Waals surface area (Å²) >= 11 is 0. The van der Waals surface area contributed by atoms with Gasteiger partial charge in [0.05, 0.1) is 13.2 Å². The highest BCUT2D eigenvalue weighted by Gasteiger charge is 2.62. The molecule has 0 unspecified atom stereocenters. The minimum absolute atomic E-state index is 0.0118. The van der Waals surface area contributed by atoms with Gasteiger partial charge in [0.25, 0.3) is 0 Å². The van der Waals surface area contributed by atoms with Crippen molar-refractivity contribution in [3.63, 3.8) is 0 Å². The lowest BCUT2D eigenvalue weighted by Crippen LogP contribution is -2.56. The highest BCUT2D eigenvalue weighted by atomic mass is 16.7. The van der Waals surface area contributed by atoms with E-state index in [0.717, 1.165) is 63.1 Å². The Morgan fingerprint density at radius 1 is 0.917 bits per heavy atom. The summed E-state index contributed by atoms with van der Waals surface area (Å²) in [5.41, 5.74) is 0.453. The molecule has 24 heavy (non-hydrogen) atoms. The van der Waals surface area contributed by atoms with Crippen LogP contribution in [0.2, 0.25) is 0 Å². The lowest BCUT2D eigenvalue weighted by atomic mass is 9.45. The molecule has 0 aromatic rings. The van der Waals surface area contributed by atoms with Crippen LogP contribution in [0.3, 0.4) is 0 Å². The summed E-state index contributed by atoms with van der Waals surface area (Å²) in [5, 5.41) is 0. The average molecular weight is 332 g/mol. The number of carbonyl (C=O) groups excluding carboxylic acids is 1. The summed E-state index contributed by atoms with van der Waals surface area (Å²) in [5.74, 6) is 3.33. The van der Waals surface area contributed by atoms with Gasteiger partial charge < -0.3 is 9.47 Å². The van der Waals surface area contributed by atoms with Gasteiger partial charge in [-0.15, -0.1) is 0 Å². The first-order chi connectivity index (χ1) is 11.5. The number of hydrogen-bond acceptors (Lipinski definition) is 3. The zero-order valence-electron chi connectivity index (χ0n) is 15.3. The lowest BCUT2D eigenvalue weighted by molar-refractivity contribution is -0.228. The van der Waals surface area contributed by atoms with Crippen LogP contribution < -0.4 is 0 Å². The number of rotatable bonds is 0. The third-order valence-electron chi connectivity index (χ3n) is 9.19. The van der Waals surface area contributed by atoms with Gasteiger partial charge in [0.15, 0.2) is 5.79 Å². The smallest absolute Gasteiger partial charge is 0.168 e. The van der Waals surface area contributed by atoms with E-state index in [1.54, 1.807) is 0 Å². The second kappa shape index (κ2) is 5.07. The summed E-state index contributed by atoms with van der Waals surface area (Å²) in [4.78, 5) is 12.5. The number of Topliss-reactive ketones (excluding diaryl/α,β-unsaturated/α-hetero) is 1. The average Bonchev–Trinajstić information content (AvgIpc) is 3.14. The van der Waals surface area contributed by atoms with Gasteiger partial charge in [-0.25, -0.2) is 0 Å². The molecular formula is C21H32O3. The molecule has 0 bridgehead atoms. The van der Waals surface area contributed by atoms with Gasteiger partial charge in [0.2, 0.25) is 0 Å². The third kappa shape index (κ3) is 1.95. The van der Waals surface area contributed by atoms with E-state index in [1.165, 1.54) is 25.7 Å². The number of carbonyl (C=O) groups is 1. The normalized spacial score (nSPS) is 52.8. The molecular weight excluding hydrogens is 300 g/mol. The van der Waals surface area contributed by atoms with E-state index in [0.29, 0.717) is 17.1 Å². The van der Waals surface area contributed by atoms with E-state index in [1.807, 2.05) is 0 Å². The summed E-state index contributed by atoms with van der Waals surface area (Å²) in [6, 6.07) is 0. The second-order valence-corrected chi connectivity index (χ2v) is 9.89. The first-order valence-corrected chi connectivity index (χ1v) is 10.3. The zero-order chi connectivity index (χ0) is 16.6. The quantitative estimate of drug-likeness (QED) is 0.662. The van der Waals surface area contributed by atoms with Crippen molar-refractivity contribution >= 4 is 5.78 Å². The van der Waals surface area contributed by atoms with Crippen LogP contribution in [0.4, 0.5) is 0 Å². The lowest BCUT2D eigenvalue weighted by Gasteiger charge is -2.61. The van der Waals surface area contributed by atoms with Crippen LogP contribution in [-0.2, 0) is 14.3 Å². The van der Waals surface area contributed by atoms with Gasteiger partial charge in [-0.3, -0.25) is 4.79 Å². The molecule has 3 heteroatoms. The van der Waals surface area contributed by atoms with Crippen molar-refractivity contribution < 1.29 is 14.3 Å². The molecule has 5 rings (SSSR count). The SMILES string of the molecule is C[C@]12CCC3(C[C@H]1CC[C@H]1[C@H]2CC[C@@]2(C)C(=O)CC[C@H]12)OCCO3. The monoisotopic (exact) mass is 332 g/mol. The van der Waals surface area contributed by atoms with Crippen LogP contribution in [0.5, 0.6) is 0 Å². The van der Waals surface area contributed by atoms with Crippen LogP contribution in [0.25, 0.3) is 0 Å². The van der Waals surface area contributed by atoms with Crippen LogP contribution >= 0.6 is 0 Å². The van der Waals surface area contributed by atoms with Crippen molar-refractivity contribution in [3.05, 3.63) is 0 Å². The minimum Gasteiger partial charge on any atom is -0.348 e. The maximum absolute atomic E-state index is 12.5. The van der Waals surface area contributed by atoms with E-state index in [4.69, 9.17) is 9.47 Å².